The molecule has 0 fully saturated rings. The number of hydrogen-bond acceptors (Lipinski definition) is 4. The van der Waals surface area contributed by atoms with Gasteiger partial charge in [-0.1, -0.05) is 24.3 Å². The van der Waals surface area contributed by atoms with E-state index >= 15 is 0 Å². The maximum Gasteiger partial charge on any atom is 0.256 e. The molecule has 2 aliphatic rings. The van der Waals surface area contributed by atoms with Crippen molar-refractivity contribution in [3.63, 3.8) is 0 Å². The molecule has 0 saturated carbocycles. The number of carbonyl (C=O) groups is 1. The molecule has 0 saturated heterocycles. The highest BCUT2D eigenvalue weighted by Crippen LogP contribution is 2.18. The molecule has 0 aliphatic carbocycles. The van der Waals surface area contributed by atoms with Crippen molar-refractivity contribution in [2.24, 2.45) is 4.40 Å². The Morgan fingerprint density at radius 3 is 2.91 bits per heavy atom. The van der Waals surface area contributed by atoms with Crippen LogP contribution in [0.3, 0.4) is 0 Å². The number of benzene rings is 1. The fourth-order valence-corrected chi connectivity index (χ4v) is 3.46. The summed E-state index contributed by atoms with van der Waals surface area (Å²) in [5.74, 6) is -0.182. The number of aryl methyl sites for hydroxylation is 1. The molecule has 120 valence electrons. The van der Waals surface area contributed by atoms with Gasteiger partial charge in [-0.05, 0) is 30.2 Å². The van der Waals surface area contributed by atoms with Gasteiger partial charge in [0.25, 0.3) is 15.9 Å². The van der Waals surface area contributed by atoms with Gasteiger partial charge in [0.05, 0.1) is 11.3 Å². The molecule has 6 nitrogen and oxygen atoms in total. The molecule has 0 aromatic heterocycles. The Labute approximate surface area is 135 Å². The molecule has 23 heavy (non-hydrogen) atoms. The molecule has 1 aromatic rings. The van der Waals surface area contributed by atoms with Crippen LogP contribution in [0.25, 0.3) is 0 Å². The fourth-order valence-electron chi connectivity index (χ4n) is 2.47. The predicted octanol–water partition coefficient (Wildman–Crippen LogP) is 1.11. The molecular formula is C16H17N3O3S. The summed E-state index contributed by atoms with van der Waals surface area (Å²) in [6.07, 6.45) is 5.04. The van der Waals surface area contributed by atoms with Crippen LogP contribution >= 0.6 is 0 Å². The topological polar surface area (TPSA) is 78.8 Å². The first kappa shape index (κ1) is 15.5. The zero-order chi connectivity index (χ0) is 16.4. The molecule has 1 amide bonds. The van der Waals surface area contributed by atoms with E-state index in [0.717, 1.165) is 11.1 Å². The summed E-state index contributed by atoms with van der Waals surface area (Å²) < 4.78 is 27.1. The molecule has 7 heteroatoms. The van der Waals surface area contributed by atoms with Crippen LogP contribution in [0.4, 0.5) is 0 Å². The molecule has 1 N–H and O–H groups in total. The minimum atomic E-state index is -3.50. The number of sulfonamides is 1. The van der Waals surface area contributed by atoms with E-state index in [0.29, 0.717) is 13.1 Å². The van der Waals surface area contributed by atoms with Gasteiger partial charge in [-0.25, -0.2) is 8.42 Å². The monoisotopic (exact) mass is 331 g/mol. The maximum absolute atomic E-state index is 12.4. The molecule has 0 atom stereocenters. The Morgan fingerprint density at radius 1 is 1.35 bits per heavy atom. The maximum atomic E-state index is 12.4. The first-order valence-corrected chi connectivity index (χ1v) is 8.88. The van der Waals surface area contributed by atoms with Crippen LogP contribution in [-0.4, -0.2) is 37.4 Å². The van der Waals surface area contributed by atoms with Gasteiger partial charge in [0, 0.05) is 19.3 Å². The van der Waals surface area contributed by atoms with E-state index in [4.69, 9.17) is 0 Å². The summed E-state index contributed by atoms with van der Waals surface area (Å²) >= 11 is 0. The molecule has 0 radical (unpaired) electrons. The third-order valence-electron chi connectivity index (χ3n) is 3.80. The summed E-state index contributed by atoms with van der Waals surface area (Å²) in [5.41, 5.74) is 2.37. The third kappa shape index (κ3) is 3.34. The van der Waals surface area contributed by atoms with E-state index in [1.807, 2.05) is 31.2 Å². The molecule has 2 aliphatic heterocycles. The Kier molecular flexibility index (Phi) is 4.04. The minimum absolute atomic E-state index is 0.0427. The molecule has 0 unspecified atom stereocenters. The summed E-state index contributed by atoms with van der Waals surface area (Å²) in [7, 11) is -3.50. The van der Waals surface area contributed by atoms with Gasteiger partial charge >= 0.3 is 0 Å². The highest BCUT2D eigenvalue weighted by atomic mass is 32.2. The molecule has 3 rings (SSSR count). The quantitative estimate of drug-likeness (QED) is 0.900. The number of nitrogens with one attached hydrogen (secondary N) is 1. The van der Waals surface area contributed by atoms with E-state index in [1.54, 1.807) is 23.3 Å². The van der Waals surface area contributed by atoms with Crippen molar-refractivity contribution in [3.8, 4) is 0 Å². The van der Waals surface area contributed by atoms with Gasteiger partial charge < -0.3 is 10.2 Å². The number of rotatable bonds is 3. The molecule has 0 bridgehead atoms. The second kappa shape index (κ2) is 6.00. The SMILES string of the molecule is Cc1ccccc1CNC(=O)C1=CC=CN2CCS(=O)(=O)N=C12. The minimum Gasteiger partial charge on any atom is -0.348 e. The van der Waals surface area contributed by atoms with Crippen LogP contribution in [0.15, 0.2) is 52.6 Å². The first-order valence-electron chi connectivity index (χ1n) is 7.27. The number of nitrogens with zero attached hydrogens (tertiary/aromatic N) is 2. The lowest BCUT2D eigenvalue weighted by atomic mass is 10.1. The molecular weight excluding hydrogens is 314 g/mol. The number of hydrogen-bond donors (Lipinski definition) is 1. The summed E-state index contributed by atoms with van der Waals surface area (Å²) in [6.45, 7) is 2.66. The Morgan fingerprint density at radius 2 is 2.13 bits per heavy atom. The summed E-state index contributed by atoms with van der Waals surface area (Å²) in [5, 5.41) is 2.83. The van der Waals surface area contributed by atoms with Crippen molar-refractivity contribution in [1.29, 1.82) is 0 Å². The van der Waals surface area contributed by atoms with Gasteiger partial charge in [0.1, 0.15) is 0 Å². The molecule has 0 spiro atoms. The highest BCUT2D eigenvalue weighted by molar-refractivity contribution is 7.90. The normalized spacial score (nSPS) is 18.7. The van der Waals surface area contributed by atoms with Crippen LogP contribution < -0.4 is 5.32 Å². The van der Waals surface area contributed by atoms with Crippen LogP contribution in [-0.2, 0) is 21.4 Å². The lowest BCUT2D eigenvalue weighted by Gasteiger charge is -2.28. The van der Waals surface area contributed by atoms with E-state index in [2.05, 4.69) is 9.71 Å². The second-order valence-corrected chi connectivity index (χ2v) is 7.18. The Bertz CT molecular complexity index is 838. The zero-order valence-electron chi connectivity index (χ0n) is 12.7. The molecule has 2 heterocycles. The van der Waals surface area contributed by atoms with E-state index in [-0.39, 0.29) is 23.1 Å². The van der Waals surface area contributed by atoms with Crippen molar-refractivity contribution >= 4 is 21.8 Å². The third-order valence-corrected chi connectivity index (χ3v) is 4.95. The van der Waals surface area contributed by atoms with Crippen LogP contribution in [0, 0.1) is 6.92 Å². The number of amides is 1. The van der Waals surface area contributed by atoms with Crippen LogP contribution in [0.5, 0.6) is 0 Å². The zero-order valence-corrected chi connectivity index (χ0v) is 13.5. The van der Waals surface area contributed by atoms with Crippen molar-refractivity contribution in [1.82, 2.24) is 10.2 Å². The molecule has 1 aromatic carbocycles. The van der Waals surface area contributed by atoms with Gasteiger partial charge in [-0.2, -0.15) is 0 Å². The van der Waals surface area contributed by atoms with Crippen LogP contribution in [0.1, 0.15) is 11.1 Å². The van der Waals surface area contributed by atoms with Gasteiger partial charge in [-0.15, -0.1) is 4.40 Å². The average molecular weight is 331 g/mol. The standard InChI is InChI=1S/C16H17N3O3S/c1-12-5-2-3-6-13(12)11-17-16(20)14-7-4-8-19-9-10-23(21,22)18-15(14)19/h2-8H,9-11H2,1H3,(H,17,20). The number of carbonyl (C=O) groups excluding carboxylic acids is 1. The van der Waals surface area contributed by atoms with Gasteiger partial charge in [-0.3, -0.25) is 4.79 Å². The van der Waals surface area contributed by atoms with Crippen molar-refractivity contribution in [2.45, 2.75) is 13.5 Å². The lowest BCUT2D eigenvalue weighted by Crippen LogP contribution is -2.42. The fraction of sp³-hybridized carbons (Fsp3) is 0.250. The van der Waals surface area contributed by atoms with Crippen LogP contribution in [0.2, 0.25) is 0 Å². The Balaban J connectivity index is 1.79. The first-order chi connectivity index (χ1) is 11.0. The summed E-state index contributed by atoms with van der Waals surface area (Å²) in [6, 6.07) is 7.77. The number of amidine groups is 1. The number of allylic oxidation sites excluding steroid dienone is 2. The predicted molar refractivity (Wildman–Crippen MR) is 88.2 cm³/mol. The highest BCUT2D eigenvalue weighted by Gasteiger charge is 2.29. The second-order valence-electron chi connectivity index (χ2n) is 5.43. The smallest absolute Gasteiger partial charge is 0.256 e. The van der Waals surface area contributed by atoms with Crippen molar-refractivity contribution in [2.75, 3.05) is 12.3 Å². The van der Waals surface area contributed by atoms with E-state index in [1.165, 1.54) is 0 Å². The van der Waals surface area contributed by atoms with E-state index < -0.39 is 10.0 Å². The Hall–Kier alpha value is -2.41. The van der Waals surface area contributed by atoms with Gasteiger partial charge in [0.15, 0.2) is 5.84 Å². The number of fused-ring (bicyclic) bond motifs is 1. The van der Waals surface area contributed by atoms with Gasteiger partial charge in [0.2, 0.25) is 0 Å². The van der Waals surface area contributed by atoms with Crippen molar-refractivity contribution < 1.29 is 13.2 Å². The van der Waals surface area contributed by atoms with Crippen molar-refractivity contribution in [3.05, 3.63) is 59.3 Å². The summed E-state index contributed by atoms with van der Waals surface area (Å²) in [4.78, 5) is 14.1. The van der Waals surface area contributed by atoms with E-state index in [9.17, 15) is 13.2 Å². The largest absolute Gasteiger partial charge is 0.348 e. The lowest BCUT2D eigenvalue weighted by molar-refractivity contribution is -0.117. The average Bonchev–Trinajstić information content (AvgIpc) is 2.52.